The molecular weight excluding hydrogens is 276 g/mol. The number of rotatable bonds is 4. The first-order valence-electron chi connectivity index (χ1n) is 6.93. The number of nitrogen functional groups attached to an aromatic ring is 1. The van der Waals surface area contributed by atoms with Crippen LogP contribution in [0.3, 0.4) is 0 Å². The van der Waals surface area contributed by atoms with E-state index in [2.05, 4.69) is 4.98 Å². The van der Waals surface area contributed by atoms with Crippen LogP contribution in [0.15, 0.2) is 9.59 Å². The van der Waals surface area contributed by atoms with E-state index in [0.717, 1.165) is 0 Å². The van der Waals surface area contributed by atoms with Crippen LogP contribution in [0.4, 0.5) is 5.82 Å². The number of H-pyrrole nitrogens is 1. The molecule has 8 heteroatoms. The average Bonchev–Trinajstić information content (AvgIpc) is 2.38. The van der Waals surface area contributed by atoms with Crippen LogP contribution >= 0.6 is 0 Å². The lowest BCUT2D eigenvalue weighted by molar-refractivity contribution is -0.0158. The molecule has 21 heavy (non-hydrogen) atoms. The van der Waals surface area contributed by atoms with Gasteiger partial charge in [-0.2, -0.15) is 0 Å². The number of aromatic amines is 1. The summed E-state index contributed by atoms with van der Waals surface area (Å²) in [5.74, 6) is -0.456. The van der Waals surface area contributed by atoms with Gasteiger partial charge in [-0.25, -0.2) is 4.79 Å². The van der Waals surface area contributed by atoms with Crippen molar-refractivity contribution in [3.8, 4) is 0 Å². The lowest BCUT2D eigenvalue weighted by Gasteiger charge is -2.30. The van der Waals surface area contributed by atoms with Gasteiger partial charge in [-0.05, 0) is 13.8 Å². The number of ether oxygens (including phenoxy) is 1. The quantitative estimate of drug-likeness (QED) is 0.693. The molecule has 1 fully saturated rings. The van der Waals surface area contributed by atoms with Crippen molar-refractivity contribution < 1.29 is 9.53 Å². The second kappa shape index (κ2) is 6.23. The fourth-order valence-electron chi connectivity index (χ4n) is 2.49. The van der Waals surface area contributed by atoms with Crippen LogP contribution in [0, 0.1) is 0 Å². The summed E-state index contributed by atoms with van der Waals surface area (Å²) in [4.78, 5) is 39.8. The standard InChI is InChI=1S/C13H20N4O4/c1-3-17-11(14)10(12(19)15-13(17)20)9(18)7-16-4-5-21-8(2)6-16/h8H,3-7,14H2,1-2H3,(H,15,19,20)/t8-/m0/s1. The van der Waals surface area contributed by atoms with Crippen molar-refractivity contribution in [2.45, 2.75) is 26.5 Å². The largest absolute Gasteiger partial charge is 0.384 e. The molecule has 1 aliphatic heterocycles. The van der Waals surface area contributed by atoms with Crippen LogP contribution in [0.5, 0.6) is 0 Å². The summed E-state index contributed by atoms with van der Waals surface area (Å²) in [7, 11) is 0. The van der Waals surface area contributed by atoms with Crippen molar-refractivity contribution in [1.29, 1.82) is 0 Å². The van der Waals surface area contributed by atoms with Gasteiger partial charge >= 0.3 is 5.69 Å². The molecule has 8 nitrogen and oxygen atoms in total. The van der Waals surface area contributed by atoms with Crippen LogP contribution in [-0.2, 0) is 11.3 Å². The topological polar surface area (TPSA) is 110 Å². The Bertz CT molecular complexity index is 649. The molecule has 1 saturated heterocycles. The molecular formula is C13H20N4O4. The normalized spacial score (nSPS) is 19.6. The Balaban J connectivity index is 2.27. The number of morpholine rings is 1. The summed E-state index contributed by atoms with van der Waals surface area (Å²) in [6.45, 7) is 5.81. The zero-order valence-corrected chi connectivity index (χ0v) is 12.2. The summed E-state index contributed by atoms with van der Waals surface area (Å²) < 4.78 is 6.58. The van der Waals surface area contributed by atoms with Gasteiger partial charge in [0.25, 0.3) is 5.56 Å². The Kier molecular flexibility index (Phi) is 4.59. The van der Waals surface area contributed by atoms with Crippen LogP contribution in [0.2, 0.25) is 0 Å². The second-order valence-corrected chi connectivity index (χ2v) is 5.10. The van der Waals surface area contributed by atoms with Gasteiger partial charge in [0.2, 0.25) is 0 Å². The van der Waals surface area contributed by atoms with Crippen molar-refractivity contribution in [3.05, 3.63) is 26.4 Å². The number of nitrogens with zero attached hydrogens (tertiary/aromatic N) is 2. The van der Waals surface area contributed by atoms with E-state index in [0.29, 0.717) is 19.7 Å². The molecule has 2 heterocycles. The smallest absolute Gasteiger partial charge is 0.329 e. The first kappa shape index (κ1) is 15.5. The van der Waals surface area contributed by atoms with E-state index < -0.39 is 11.2 Å². The van der Waals surface area contributed by atoms with Crippen molar-refractivity contribution in [3.63, 3.8) is 0 Å². The average molecular weight is 296 g/mol. The van der Waals surface area contributed by atoms with Crippen LogP contribution in [0.1, 0.15) is 24.2 Å². The number of carbonyl (C=O) groups is 1. The summed E-state index contributed by atoms with van der Waals surface area (Å²) in [5.41, 5.74) is 4.34. The van der Waals surface area contributed by atoms with Gasteiger partial charge in [0.15, 0.2) is 5.78 Å². The van der Waals surface area contributed by atoms with Crippen LogP contribution in [-0.4, -0.2) is 52.6 Å². The minimum Gasteiger partial charge on any atom is -0.384 e. The molecule has 1 aromatic rings. The molecule has 1 aromatic heterocycles. The van der Waals surface area contributed by atoms with E-state index in [1.54, 1.807) is 6.92 Å². The number of Topliss-reactive ketones (excluding diaryl/α,β-unsaturated/α-hetero) is 1. The number of carbonyl (C=O) groups excluding carboxylic acids is 1. The van der Waals surface area contributed by atoms with E-state index in [-0.39, 0.29) is 36.4 Å². The molecule has 0 aliphatic carbocycles. The highest BCUT2D eigenvalue weighted by Crippen LogP contribution is 2.09. The molecule has 116 valence electrons. The van der Waals surface area contributed by atoms with Crippen LogP contribution in [0.25, 0.3) is 0 Å². The first-order valence-corrected chi connectivity index (χ1v) is 6.93. The van der Waals surface area contributed by atoms with E-state index in [9.17, 15) is 14.4 Å². The third-order valence-electron chi connectivity index (χ3n) is 3.53. The lowest BCUT2D eigenvalue weighted by Crippen LogP contribution is -2.45. The first-order chi connectivity index (χ1) is 9.93. The Morgan fingerprint density at radius 1 is 1.48 bits per heavy atom. The molecule has 0 radical (unpaired) electrons. The second-order valence-electron chi connectivity index (χ2n) is 5.10. The number of aromatic nitrogens is 2. The number of hydrogen-bond acceptors (Lipinski definition) is 6. The predicted molar refractivity (Wildman–Crippen MR) is 77.6 cm³/mol. The minimum absolute atomic E-state index is 0.0479. The summed E-state index contributed by atoms with van der Waals surface area (Å²) >= 11 is 0. The highest BCUT2D eigenvalue weighted by atomic mass is 16.5. The number of nitrogens with one attached hydrogen (secondary N) is 1. The van der Waals surface area contributed by atoms with Gasteiger partial charge in [0.1, 0.15) is 11.4 Å². The summed E-state index contributed by atoms with van der Waals surface area (Å²) in [6, 6.07) is 0. The fraction of sp³-hybridized carbons (Fsp3) is 0.615. The Morgan fingerprint density at radius 3 is 2.81 bits per heavy atom. The molecule has 2 rings (SSSR count). The molecule has 0 aromatic carbocycles. The van der Waals surface area contributed by atoms with E-state index >= 15 is 0 Å². The molecule has 0 saturated carbocycles. The van der Waals surface area contributed by atoms with Gasteiger partial charge in [-0.15, -0.1) is 0 Å². The minimum atomic E-state index is -0.728. The molecule has 3 N–H and O–H groups in total. The van der Waals surface area contributed by atoms with Gasteiger partial charge in [0.05, 0.1) is 19.3 Å². The van der Waals surface area contributed by atoms with Gasteiger partial charge in [-0.1, -0.05) is 0 Å². The summed E-state index contributed by atoms with van der Waals surface area (Å²) in [5, 5.41) is 0. The number of nitrogens with two attached hydrogens (primary N) is 1. The third kappa shape index (κ3) is 3.22. The van der Waals surface area contributed by atoms with E-state index in [1.165, 1.54) is 4.57 Å². The maximum atomic E-state index is 12.3. The number of ketones is 1. The van der Waals surface area contributed by atoms with Gasteiger partial charge < -0.3 is 10.5 Å². The zero-order valence-electron chi connectivity index (χ0n) is 12.2. The number of hydrogen-bond donors (Lipinski definition) is 2. The highest BCUT2D eigenvalue weighted by molar-refractivity contribution is 6.01. The molecule has 1 aliphatic rings. The zero-order chi connectivity index (χ0) is 15.6. The molecule has 0 spiro atoms. The third-order valence-corrected chi connectivity index (χ3v) is 3.53. The van der Waals surface area contributed by atoms with Gasteiger partial charge in [-0.3, -0.25) is 24.0 Å². The lowest BCUT2D eigenvalue weighted by atomic mass is 10.1. The van der Waals surface area contributed by atoms with E-state index in [1.807, 2.05) is 11.8 Å². The summed E-state index contributed by atoms with van der Waals surface area (Å²) in [6.07, 6.45) is 0.0479. The number of anilines is 1. The van der Waals surface area contributed by atoms with Gasteiger partial charge in [0, 0.05) is 19.6 Å². The highest BCUT2D eigenvalue weighted by Gasteiger charge is 2.23. The molecule has 1 atom stereocenters. The maximum absolute atomic E-state index is 12.3. The Hall–Kier alpha value is -1.93. The molecule has 0 unspecified atom stereocenters. The van der Waals surface area contributed by atoms with Crippen molar-refractivity contribution in [2.24, 2.45) is 0 Å². The van der Waals surface area contributed by atoms with Crippen molar-refractivity contribution in [2.75, 3.05) is 32.0 Å². The molecule has 0 bridgehead atoms. The Labute approximate surface area is 121 Å². The predicted octanol–water partition coefficient (Wildman–Crippen LogP) is -0.958. The monoisotopic (exact) mass is 296 g/mol. The maximum Gasteiger partial charge on any atom is 0.329 e. The SMILES string of the molecule is CCn1c(N)c(C(=O)CN2CCO[C@@H](C)C2)c(=O)[nH]c1=O. The molecule has 0 amide bonds. The van der Waals surface area contributed by atoms with Crippen molar-refractivity contribution >= 4 is 11.6 Å². The fourth-order valence-corrected chi connectivity index (χ4v) is 2.49. The van der Waals surface area contributed by atoms with Crippen LogP contribution < -0.4 is 17.0 Å². The van der Waals surface area contributed by atoms with Crippen molar-refractivity contribution in [1.82, 2.24) is 14.5 Å². The Morgan fingerprint density at radius 2 is 2.19 bits per heavy atom. The van der Waals surface area contributed by atoms with E-state index in [4.69, 9.17) is 10.5 Å².